The molecule has 6 heteroatoms. The summed E-state index contributed by atoms with van der Waals surface area (Å²) in [6.45, 7) is 6.23. The Balaban J connectivity index is 2.21. The Morgan fingerprint density at radius 1 is 1.50 bits per heavy atom. The lowest BCUT2D eigenvalue weighted by Crippen LogP contribution is -2.29. The zero-order valence-electron chi connectivity index (χ0n) is 12.2. The molecule has 0 saturated carbocycles. The van der Waals surface area contributed by atoms with Crippen molar-refractivity contribution in [2.45, 2.75) is 13.3 Å². The molecule has 0 radical (unpaired) electrons. The van der Waals surface area contributed by atoms with Crippen molar-refractivity contribution < 1.29 is 14.6 Å². The monoisotopic (exact) mass is 335 g/mol. The molecule has 0 unspecified atom stereocenters. The van der Waals surface area contributed by atoms with Crippen molar-refractivity contribution in [2.75, 3.05) is 13.2 Å². The van der Waals surface area contributed by atoms with Gasteiger partial charge in [-0.1, -0.05) is 48.8 Å². The molecule has 1 saturated heterocycles. The van der Waals surface area contributed by atoms with Crippen LogP contribution in [0.3, 0.4) is 0 Å². The summed E-state index contributed by atoms with van der Waals surface area (Å²) >= 11 is 6.49. The summed E-state index contributed by atoms with van der Waals surface area (Å²) in [6.07, 6.45) is 2.10. The quantitative estimate of drug-likeness (QED) is 0.487. The maximum Gasteiger partial charge on any atom is 0.266 e. The highest BCUT2D eigenvalue weighted by Crippen LogP contribution is 2.34. The largest absolute Gasteiger partial charge is 0.513 e. The molecule has 1 aromatic rings. The first-order valence-corrected chi connectivity index (χ1v) is 8.09. The van der Waals surface area contributed by atoms with E-state index in [-0.39, 0.29) is 11.7 Å². The molecule has 0 aromatic heterocycles. The van der Waals surface area contributed by atoms with Crippen molar-refractivity contribution in [3.8, 4) is 5.75 Å². The van der Waals surface area contributed by atoms with Gasteiger partial charge >= 0.3 is 0 Å². The molecule has 0 bridgehead atoms. The second-order valence-electron chi connectivity index (χ2n) is 4.62. The molecule has 1 heterocycles. The fraction of sp³-hybridized carbons (Fsp3) is 0.250. The summed E-state index contributed by atoms with van der Waals surface area (Å²) < 4.78 is 6.05. The Morgan fingerprint density at radius 2 is 2.23 bits per heavy atom. The minimum atomic E-state index is -0.150. The van der Waals surface area contributed by atoms with Crippen molar-refractivity contribution in [3.63, 3.8) is 0 Å². The third-order valence-corrected chi connectivity index (χ3v) is 4.38. The Morgan fingerprint density at radius 3 is 2.91 bits per heavy atom. The highest BCUT2D eigenvalue weighted by atomic mass is 32.2. The van der Waals surface area contributed by atoms with E-state index in [1.807, 2.05) is 31.2 Å². The molecule has 1 fully saturated rings. The summed E-state index contributed by atoms with van der Waals surface area (Å²) in [5.41, 5.74) is 0.844. The molecule has 1 amide bonds. The number of rotatable bonds is 6. The number of thiocarbonyl (C=S) groups is 1. The molecular weight excluding hydrogens is 318 g/mol. The minimum Gasteiger partial charge on any atom is -0.513 e. The Bertz CT molecular complexity index is 640. The van der Waals surface area contributed by atoms with Gasteiger partial charge in [0.2, 0.25) is 0 Å². The second kappa shape index (κ2) is 7.47. The Labute approximate surface area is 139 Å². The predicted molar refractivity (Wildman–Crippen MR) is 93.9 cm³/mol. The first-order valence-electron chi connectivity index (χ1n) is 6.87. The lowest BCUT2D eigenvalue weighted by Gasteiger charge is -2.13. The Kier molecular flexibility index (Phi) is 5.63. The maximum atomic E-state index is 12.4. The van der Waals surface area contributed by atoms with Crippen LogP contribution in [0.25, 0.3) is 6.08 Å². The molecule has 1 aliphatic heterocycles. The van der Waals surface area contributed by atoms with Crippen molar-refractivity contribution >= 4 is 40.3 Å². The van der Waals surface area contributed by atoms with Gasteiger partial charge in [-0.15, -0.1) is 0 Å². The van der Waals surface area contributed by atoms with Crippen LogP contribution in [0.5, 0.6) is 5.75 Å². The summed E-state index contributed by atoms with van der Waals surface area (Å²) in [6, 6.07) is 7.55. The first kappa shape index (κ1) is 16.6. The molecule has 4 nitrogen and oxygen atoms in total. The lowest BCUT2D eigenvalue weighted by atomic mass is 10.2. The van der Waals surface area contributed by atoms with E-state index in [0.29, 0.717) is 28.8 Å². The van der Waals surface area contributed by atoms with Crippen LogP contribution in [0.4, 0.5) is 0 Å². The van der Waals surface area contributed by atoms with Gasteiger partial charge < -0.3 is 9.84 Å². The third-order valence-electron chi connectivity index (χ3n) is 3.00. The number of aliphatic hydroxyl groups is 1. The number of benzene rings is 1. The van der Waals surface area contributed by atoms with E-state index >= 15 is 0 Å². The molecule has 0 aliphatic carbocycles. The smallest absolute Gasteiger partial charge is 0.266 e. The van der Waals surface area contributed by atoms with E-state index < -0.39 is 0 Å². The van der Waals surface area contributed by atoms with Crippen LogP contribution >= 0.6 is 24.0 Å². The average Bonchev–Trinajstić information content (AvgIpc) is 2.73. The number of para-hydroxylation sites is 1. The van der Waals surface area contributed by atoms with Gasteiger partial charge in [0.05, 0.1) is 17.3 Å². The van der Waals surface area contributed by atoms with E-state index in [4.69, 9.17) is 22.1 Å². The normalized spacial score (nSPS) is 16.4. The van der Waals surface area contributed by atoms with Crippen molar-refractivity contribution in [1.29, 1.82) is 0 Å². The highest BCUT2D eigenvalue weighted by Gasteiger charge is 2.31. The van der Waals surface area contributed by atoms with E-state index in [2.05, 4.69) is 6.58 Å². The SMILES string of the molecule is C=C(O)CCN1C(=O)/C(=C\c2ccccc2OCC)SC1=S. The molecular formula is C16H17NO3S2. The zero-order valence-corrected chi connectivity index (χ0v) is 13.9. The first-order chi connectivity index (χ1) is 10.5. The number of aliphatic hydroxyl groups excluding tert-OH is 1. The number of nitrogens with zero attached hydrogens (tertiary/aromatic N) is 1. The number of ether oxygens (including phenoxy) is 1. The number of hydrogen-bond donors (Lipinski definition) is 1. The fourth-order valence-corrected chi connectivity index (χ4v) is 3.26. The summed E-state index contributed by atoms with van der Waals surface area (Å²) in [5.74, 6) is 0.626. The van der Waals surface area contributed by atoms with Crippen LogP contribution in [0.2, 0.25) is 0 Å². The van der Waals surface area contributed by atoms with Crippen molar-refractivity contribution in [3.05, 3.63) is 47.1 Å². The minimum absolute atomic E-state index is 0.0414. The molecule has 2 rings (SSSR count). The Hall–Kier alpha value is -1.79. The highest BCUT2D eigenvalue weighted by molar-refractivity contribution is 8.26. The molecule has 1 aliphatic rings. The predicted octanol–water partition coefficient (Wildman–Crippen LogP) is 3.75. The maximum absolute atomic E-state index is 12.4. The fourth-order valence-electron chi connectivity index (χ4n) is 1.96. The van der Waals surface area contributed by atoms with E-state index in [1.165, 1.54) is 16.7 Å². The number of thioether (sulfide) groups is 1. The van der Waals surface area contributed by atoms with Gasteiger partial charge in [-0.3, -0.25) is 9.69 Å². The summed E-state index contributed by atoms with van der Waals surface area (Å²) in [4.78, 5) is 14.4. The topological polar surface area (TPSA) is 49.8 Å². The standard InChI is InChI=1S/C16H17NO3S2/c1-3-20-13-7-5-4-6-12(13)10-14-15(19)17(16(21)22-14)9-8-11(2)18/h4-7,10,18H,2-3,8-9H2,1H3/b14-10+. The number of carbonyl (C=O) groups excluding carboxylic acids is 1. The van der Waals surface area contributed by atoms with Gasteiger partial charge in [0.25, 0.3) is 5.91 Å². The number of carbonyl (C=O) groups is 1. The van der Waals surface area contributed by atoms with E-state index in [1.54, 1.807) is 6.08 Å². The van der Waals surface area contributed by atoms with Gasteiger partial charge in [-0.2, -0.15) is 0 Å². The molecule has 116 valence electrons. The average molecular weight is 335 g/mol. The molecule has 0 atom stereocenters. The lowest BCUT2D eigenvalue weighted by molar-refractivity contribution is -0.122. The van der Waals surface area contributed by atoms with Crippen LogP contribution in [0, 0.1) is 0 Å². The number of hydrogen-bond acceptors (Lipinski definition) is 5. The van der Waals surface area contributed by atoms with Crippen LogP contribution in [-0.4, -0.2) is 33.4 Å². The number of amides is 1. The van der Waals surface area contributed by atoms with Crippen LogP contribution in [0.1, 0.15) is 18.9 Å². The van der Waals surface area contributed by atoms with Gasteiger partial charge in [-0.05, 0) is 19.1 Å². The zero-order chi connectivity index (χ0) is 16.1. The van der Waals surface area contributed by atoms with Gasteiger partial charge in [0.15, 0.2) is 0 Å². The molecule has 1 N–H and O–H groups in total. The van der Waals surface area contributed by atoms with E-state index in [9.17, 15) is 4.79 Å². The third kappa shape index (κ3) is 3.90. The summed E-state index contributed by atoms with van der Waals surface area (Å²) in [7, 11) is 0. The molecule has 0 spiro atoms. The molecule has 22 heavy (non-hydrogen) atoms. The van der Waals surface area contributed by atoms with Gasteiger partial charge in [-0.25, -0.2) is 0 Å². The molecule has 1 aromatic carbocycles. The van der Waals surface area contributed by atoms with Crippen molar-refractivity contribution in [2.24, 2.45) is 0 Å². The van der Waals surface area contributed by atoms with Crippen molar-refractivity contribution in [1.82, 2.24) is 4.90 Å². The van der Waals surface area contributed by atoms with Crippen LogP contribution in [0.15, 0.2) is 41.5 Å². The second-order valence-corrected chi connectivity index (χ2v) is 6.30. The van der Waals surface area contributed by atoms with Crippen LogP contribution < -0.4 is 4.74 Å². The van der Waals surface area contributed by atoms with E-state index in [0.717, 1.165) is 11.3 Å². The summed E-state index contributed by atoms with van der Waals surface area (Å²) in [5, 5.41) is 9.17. The van der Waals surface area contributed by atoms with Gasteiger partial charge in [0.1, 0.15) is 10.1 Å². The van der Waals surface area contributed by atoms with Gasteiger partial charge in [0, 0.05) is 18.5 Å². The van der Waals surface area contributed by atoms with Crippen LogP contribution in [-0.2, 0) is 4.79 Å².